The lowest BCUT2D eigenvalue weighted by Crippen LogP contribution is -2.32. The Hall–Kier alpha value is -4.14. The van der Waals surface area contributed by atoms with Crippen LogP contribution in [0.1, 0.15) is 25.8 Å². The fourth-order valence-electron chi connectivity index (χ4n) is 4.09. The highest BCUT2D eigenvalue weighted by Crippen LogP contribution is 2.35. The van der Waals surface area contributed by atoms with Crippen molar-refractivity contribution < 1.29 is 40.6 Å². The molecule has 0 fully saturated rings. The lowest BCUT2D eigenvalue weighted by atomic mass is 10.0. The normalized spacial score (nSPS) is 11.4. The molecule has 0 saturated carbocycles. The van der Waals surface area contributed by atoms with Gasteiger partial charge in [0.1, 0.15) is 5.75 Å². The molecule has 0 atom stereocenters. The van der Waals surface area contributed by atoms with E-state index in [9.17, 15) is 26.3 Å². The van der Waals surface area contributed by atoms with Crippen LogP contribution in [-0.4, -0.2) is 19.3 Å². The molecule has 0 aliphatic carbocycles. The average Bonchev–Trinajstić information content (AvgIpc) is 2.94. The first-order valence-corrected chi connectivity index (χ1v) is 12.6. The number of ether oxygens (including phenoxy) is 3. The fraction of sp³-hybridized carbons (Fsp3) is 0.226. The van der Waals surface area contributed by atoms with Gasteiger partial charge in [0.2, 0.25) is 11.6 Å². The Balaban J connectivity index is 1.43. The van der Waals surface area contributed by atoms with E-state index in [1.807, 2.05) is 24.3 Å². The highest BCUT2D eigenvalue weighted by molar-refractivity contribution is 5.67. The van der Waals surface area contributed by atoms with Crippen molar-refractivity contribution in [3.05, 3.63) is 102 Å². The average molecular weight is 561 g/mol. The predicted molar refractivity (Wildman–Crippen MR) is 140 cm³/mol. The highest BCUT2D eigenvalue weighted by Gasteiger charge is 2.34. The summed E-state index contributed by atoms with van der Waals surface area (Å²) in [6, 6.07) is 17.7. The van der Waals surface area contributed by atoms with Gasteiger partial charge in [-0.2, -0.15) is 17.6 Å². The van der Waals surface area contributed by atoms with Gasteiger partial charge < -0.3 is 14.2 Å². The quantitative estimate of drug-likeness (QED) is 0.171. The number of hydrogen-bond donors (Lipinski definition) is 0. The van der Waals surface area contributed by atoms with Gasteiger partial charge in [-0.15, -0.1) is 0 Å². The molecule has 0 radical (unpaired) electrons. The summed E-state index contributed by atoms with van der Waals surface area (Å²) in [5.74, 6) is -7.44. The standard InChI is InChI=1S/C31H26F6O3/c1-3-5-19-6-8-20(9-7-19)21-10-12-22(13-11-21)40-31(36,37)18-39-26-17-15-24(28(33)30(26)35)23-14-16-25(38-4-2)29(34)27(23)32/h6-17H,3-5,18H2,1-2H3. The van der Waals surface area contributed by atoms with E-state index in [1.54, 1.807) is 19.1 Å². The molecule has 210 valence electrons. The van der Waals surface area contributed by atoms with E-state index in [0.717, 1.165) is 48.2 Å². The Bertz CT molecular complexity index is 1450. The fourth-order valence-corrected chi connectivity index (χ4v) is 4.09. The summed E-state index contributed by atoms with van der Waals surface area (Å²) in [5, 5.41) is 0. The minimum Gasteiger partial charge on any atom is -0.491 e. The first-order chi connectivity index (χ1) is 19.1. The Kier molecular flexibility index (Phi) is 8.92. The van der Waals surface area contributed by atoms with Crippen molar-refractivity contribution >= 4 is 0 Å². The van der Waals surface area contributed by atoms with E-state index in [1.165, 1.54) is 17.7 Å². The van der Waals surface area contributed by atoms with Gasteiger partial charge in [-0.05, 0) is 66.4 Å². The van der Waals surface area contributed by atoms with Gasteiger partial charge in [-0.25, -0.2) is 8.78 Å². The number of benzene rings is 4. The number of rotatable bonds is 11. The molecular weight excluding hydrogens is 534 g/mol. The van der Waals surface area contributed by atoms with Crippen molar-refractivity contribution in [1.82, 2.24) is 0 Å². The largest absolute Gasteiger partial charge is 0.491 e. The van der Waals surface area contributed by atoms with Gasteiger partial charge >= 0.3 is 6.11 Å². The summed E-state index contributed by atoms with van der Waals surface area (Å²) < 4.78 is 101. The van der Waals surface area contributed by atoms with E-state index < -0.39 is 52.9 Å². The van der Waals surface area contributed by atoms with E-state index in [4.69, 9.17) is 14.2 Å². The summed E-state index contributed by atoms with van der Waals surface area (Å²) in [6.07, 6.45) is -1.90. The molecule has 0 bridgehead atoms. The Morgan fingerprint density at radius 3 is 1.60 bits per heavy atom. The van der Waals surface area contributed by atoms with Crippen LogP contribution in [0.5, 0.6) is 17.2 Å². The van der Waals surface area contributed by atoms with E-state index >= 15 is 0 Å². The maximum absolute atomic E-state index is 14.7. The predicted octanol–water partition coefficient (Wildman–Crippen LogP) is 8.98. The molecule has 9 heteroatoms. The minimum absolute atomic E-state index is 0.0674. The summed E-state index contributed by atoms with van der Waals surface area (Å²) in [4.78, 5) is 0. The van der Waals surface area contributed by atoms with Crippen molar-refractivity contribution in [2.24, 2.45) is 0 Å². The zero-order chi connectivity index (χ0) is 28.9. The molecule has 0 amide bonds. The molecule has 0 aliphatic heterocycles. The Morgan fingerprint density at radius 2 is 1.10 bits per heavy atom. The molecule has 0 aromatic heterocycles. The second-order valence-electron chi connectivity index (χ2n) is 8.91. The van der Waals surface area contributed by atoms with Gasteiger partial charge in [0.15, 0.2) is 29.7 Å². The van der Waals surface area contributed by atoms with Crippen LogP contribution in [-0.2, 0) is 6.42 Å². The Labute approximate surface area is 227 Å². The van der Waals surface area contributed by atoms with E-state index in [2.05, 4.69) is 6.92 Å². The topological polar surface area (TPSA) is 27.7 Å². The molecule has 4 aromatic rings. The van der Waals surface area contributed by atoms with Gasteiger partial charge in [-0.3, -0.25) is 0 Å². The molecule has 0 unspecified atom stereocenters. The van der Waals surface area contributed by atoms with Crippen molar-refractivity contribution in [2.45, 2.75) is 32.8 Å². The second kappa shape index (κ2) is 12.4. The van der Waals surface area contributed by atoms with Gasteiger partial charge in [0.25, 0.3) is 0 Å². The van der Waals surface area contributed by atoms with Crippen LogP contribution < -0.4 is 14.2 Å². The number of alkyl halides is 2. The van der Waals surface area contributed by atoms with Crippen LogP contribution in [0, 0.1) is 23.3 Å². The summed E-state index contributed by atoms with van der Waals surface area (Å²) in [6.45, 7) is 2.29. The van der Waals surface area contributed by atoms with Crippen LogP contribution in [0.4, 0.5) is 26.3 Å². The maximum Gasteiger partial charge on any atom is 0.432 e. The zero-order valence-corrected chi connectivity index (χ0v) is 21.7. The lowest BCUT2D eigenvalue weighted by Gasteiger charge is -2.19. The smallest absolute Gasteiger partial charge is 0.432 e. The first-order valence-electron chi connectivity index (χ1n) is 12.6. The van der Waals surface area contributed by atoms with Crippen LogP contribution in [0.3, 0.4) is 0 Å². The highest BCUT2D eigenvalue weighted by atomic mass is 19.3. The minimum atomic E-state index is -3.89. The molecule has 0 aliphatic rings. The van der Waals surface area contributed by atoms with Gasteiger partial charge in [0, 0.05) is 11.1 Å². The molecule has 0 N–H and O–H groups in total. The van der Waals surface area contributed by atoms with Crippen LogP contribution >= 0.6 is 0 Å². The van der Waals surface area contributed by atoms with Crippen LogP contribution in [0.2, 0.25) is 0 Å². The molecule has 4 rings (SSSR count). The molecule has 4 aromatic carbocycles. The third-order valence-electron chi connectivity index (χ3n) is 6.03. The Morgan fingerprint density at radius 1 is 0.600 bits per heavy atom. The molecule has 0 heterocycles. The van der Waals surface area contributed by atoms with Gasteiger partial charge in [0.05, 0.1) is 6.61 Å². The summed E-state index contributed by atoms with van der Waals surface area (Å²) in [5.41, 5.74) is 1.73. The second-order valence-corrected chi connectivity index (χ2v) is 8.91. The monoisotopic (exact) mass is 560 g/mol. The summed E-state index contributed by atoms with van der Waals surface area (Å²) >= 11 is 0. The van der Waals surface area contributed by atoms with Crippen molar-refractivity contribution in [1.29, 1.82) is 0 Å². The third-order valence-corrected chi connectivity index (χ3v) is 6.03. The van der Waals surface area contributed by atoms with Crippen LogP contribution in [0.15, 0.2) is 72.8 Å². The van der Waals surface area contributed by atoms with E-state index in [0.29, 0.717) is 0 Å². The molecule has 40 heavy (non-hydrogen) atoms. The number of hydrogen-bond acceptors (Lipinski definition) is 3. The molecule has 0 saturated heterocycles. The lowest BCUT2D eigenvalue weighted by molar-refractivity contribution is -0.195. The maximum atomic E-state index is 14.7. The van der Waals surface area contributed by atoms with Crippen molar-refractivity contribution in [3.8, 4) is 39.5 Å². The number of aryl methyl sites for hydroxylation is 1. The van der Waals surface area contributed by atoms with Crippen molar-refractivity contribution in [2.75, 3.05) is 13.2 Å². The zero-order valence-electron chi connectivity index (χ0n) is 21.7. The van der Waals surface area contributed by atoms with Crippen LogP contribution in [0.25, 0.3) is 22.3 Å². The van der Waals surface area contributed by atoms with Gasteiger partial charge in [-0.1, -0.05) is 49.7 Å². The number of halogens is 6. The molecule has 3 nitrogen and oxygen atoms in total. The van der Waals surface area contributed by atoms with E-state index in [-0.39, 0.29) is 18.1 Å². The SMILES string of the molecule is CCCc1ccc(-c2ccc(OC(F)(F)COc3ccc(-c4ccc(OCC)c(F)c4F)c(F)c3F)cc2)cc1. The molecule has 0 spiro atoms. The summed E-state index contributed by atoms with van der Waals surface area (Å²) in [7, 11) is 0. The molecular formula is C31H26F6O3. The first kappa shape index (κ1) is 28.9. The van der Waals surface area contributed by atoms with Crippen molar-refractivity contribution in [3.63, 3.8) is 0 Å². The third kappa shape index (κ3) is 6.52.